The maximum absolute atomic E-state index is 11.6. The van der Waals surface area contributed by atoms with Crippen LogP contribution in [0.25, 0.3) is 11.1 Å². The molecule has 0 saturated carbocycles. The normalized spacial score (nSPS) is 9.57. The van der Waals surface area contributed by atoms with Gasteiger partial charge in [0.1, 0.15) is 5.75 Å². The molecule has 102 valence electrons. The minimum atomic E-state index is -0.630. The van der Waals surface area contributed by atoms with Crippen LogP contribution in [-0.2, 0) is 4.74 Å². The summed E-state index contributed by atoms with van der Waals surface area (Å²) in [5.41, 5.74) is 1.14. The Balaban J connectivity index is 0.00000220. The molecule has 0 bridgehead atoms. The Bertz CT molecular complexity index is 682. The first-order valence-corrected chi connectivity index (χ1v) is 5.75. The number of hydrogen-bond donors (Lipinski definition) is 1. The largest absolute Gasteiger partial charge is 1.00 e. The second-order valence-electron chi connectivity index (χ2n) is 4.06. The molecule has 2 aromatic carbocycles. The van der Waals surface area contributed by atoms with Crippen LogP contribution in [0.5, 0.6) is 11.5 Å². The van der Waals surface area contributed by atoms with Gasteiger partial charge < -0.3 is 14.9 Å². The van der Waals surface area contributed by atoms with Crippen LogP contribution in [0, 0.1) is 0 Å². The summed E-state index contributed by atoms with van der Waals surface area (Å²) in [6.45, 7) is 0. The number of ether oxygens (including phenoxy) is 1. The van der Waals surface area contributed by atoms with Gasteiger partial charge in [0.15, 0.2) is 6.29 Å². The van der Waals surface area contributed by atoms with Crippen molar-refractivity contribution in [2.24, 2.45) is 0 Å². The fourth-order valence-corrected chi connectivity index (χ4v) is 1.91. The van der Waals surface area contributed by atoms with Crippen LogP contribution >= 0.6 is 0 Å². The van der Waals surface area contributed by atoms with Crippen molar-refractivity contribution < 1.29 is 75.9 Å². The molecule has 0 atom stereocenters. The summed E-state index contributed by atoms with van der Waals surface area (Å²) in [6, 6.07) is 8.63. The SMILES string of the molecule is COC(=O)c1cccc(-c2ccc(O)c([O-])c2)c1C=O.[K+]. The molecule has 0 aliphatic rings. The second kappa shape index (κ2) is 7.72. The van der Waals surface area contributed by atoms with Crippen LogP contribution in [0.3, 0.4) is 0 Å². The molecule has 21 heavy (non-hydrogen) atoms. The number of phenols is 1. The van der Waals surface area contributed by atoms with E-state index < -0.39 is 11.7 Å². The monoisotopic (exact) mass is 310 g/mol. The Kier molecular flexibility index (Phi) is 6.57. The maximum atomic E-state index is 11.6. The molecule has 2 aromatic rings. The molecule has 0 unspecified atom stereocenters. The Labute approximate surface area is 164 Å². The third-order valence-electron chi connectivity index (χ3n) is 2.90. The summed E-state index contributed by atoms with van der Waals surface area (Å²) in [6.07, 6.45) is 0.541. The average Bonchev–Trinajstić information content (AvgIpc) is 2.48. The number of methoxy groups -OCH3 is 1. The molecule has 0 aromatic heterocycles. The van der Waals surface area contributed by atoms with E-state index in [2.05, 4.69) is 4.74 Å². The maximum Gasteiger partial charge on any atom is 1.00 e. The Morgan fingerprint density at radius 2 is 2.00 bits per heavy atom. The van der Waals surface area contributed by atoms with Crippen LogP contribution in [0.15, 0.2) is 36.4 Å². The van der Waals surface area contributed by atoms with Crippen LogP contribution < -0.4 is 56.5 Å². The van der Waals surface area contributed by atoms with Crippen LogP contribution in [0.4, 0.5) is 0 Å². The number of benzene rings is 2. The van der Waals surface area contributed by atoms with Gasteiger partial charge in [0.25, 0.3) is 0 Å². The predicted octanol–water partition coefficient (Wildman–Crippen LogP) is -1.26. The fraction of sp³-hybridized carbons (Fsp3) is 0.0667. The van der Waals surface area contributed by atoms with Gasteiger partial charge in [-0.15, -0.1) is 0 Å². The van der Waals surface area contributed by atoms with Crippen molar-refractivity contribution in [1.29, 1.82) is 0 Å². The van der Waals surface area contributed by atoms with E-state index in [1.54, 1.807) is 12.1 Å². The number of aromatic hydroxyl groups is 1. The van der Waals surface area contributed by atoms with E-state index in [0.29, 0.717) is 17.4 Å². The zero-order valence-corrected chi connectivity index (χ0v) is 14.7. The Morgan fingerprint density at radius 3 is 2.57 bits per heavy atom. The molecule has 0 saturated heterocycles. The summed E-state index contributed by atoms with van der Waals surface area (Å²) >= 11 is 0. The van der Waals surface area contributed by atoms with Crippen molar-refractivity contribution in [3.8, 4) is 22.6 Å². The van der Waals surface area contributed by atoms with Crippen molar-refractivity contribution in [3.63, 3.8) is 0 Å². The van der Waals surface area contributed by atoms with Crippen LogP contribution in [0.2, 0.25) is 0 Å². The molecule has 6 heteroatoms. The summed E-state index contributed by atoms with van der Waals surface area (Å²) in [5, 5.41) is 20.7. The van der Waals surface area contributed by atoms with Crippen molar-refractivity contribution in [3.05, 3.63) is 47.5 Å². The number of carbonyl (C=O) groups is 2. The molecule has 5 nitrogen and oxygen atoms in total. The van der Waals surface area contributed by atoms with Gasteiger partial charge in [-0.3, -0.25) is 4.79 Å². The summed E-state index contributed by atoms with van der Waals surface area (Å²) in [4.78, 5) is 22.9. The van der Waals surface area contributed by atoms with E-state index in [1.165, 1.54) is 31.4 Å². The minimum Gasteiger partial charge on any atom is -0.870 e. The molecule has 0 fully saturated rings. The van der Waals surface area contributed by atoms with Crippen molar-refractivity contribution in [1.82, 2.24) is 0 Å². The molecule has 0 aliphatic heterocycles. The molecule has 0 amide bonds. The fourth-order valence-electron chi connectivity index (χ4n) is 1.91. The molecule has 1 N–H and O–H groups in total. The van der Waals surface area contributed by atoms with Gasteiger partial charge in [-0.25, -0.2) is 4.79 Å². The first kappa shape index (κ1) is 17.9. The number of hydrogen-bond acceptors (Lipinski definition) is 5. The zero-order chi connectivity index (χ0) is 14.7. The quantitative estimate of drug-likeness (QED) is 0.434. The number of rotatable bonds is 3. The third kappa shape index (κ3) is 3.72. The number of carbonyl (C=O) groups excluding carboxylic acids is 2. The van der Waals surface area contributed by atoms with E-state index >= 15 is 0 Å². The van der Waals surface area contributed by atoms with Crippen molar-refractivity contribution in [2.75, 3.05) is 7.11 Å². The number of esters is 1. The van der Waals surface area contributed by atoms with Crippen molar-refractivity contribution in [2.45, 2.75) is 0 Å². The van der Waals surface area contributed by atoms with E-state index in [1.807, 2.05) is 0 Å². The van der Waals surface area contributed by atoms with E-state index in [4.69, 9.17) is 0 Å². The first-order valence-electron chi connectivity index (χ1n) is 5.75. The summed E-state index contributed by atoms with van der Waals surface area (Å²) in [5.74, 6) is -1.55. The second-order valence-corrected chi connectivity index (χ2v) is 4.06. The predicted molar refractivity (Wildman–Crippen MR) is 69.7 cm³/mol. The Hall–Kier alpha value is -1.18. The molecule has 0 heterocycles. The topological polar surface area (TPSA) is 86.7 Å². The van der Waals surface area contributed by atoms with Crippen molar-refractivity contribution >= 4 is 12.3 Å². The molecule has 0 spiro atoms. The van der Waals surface area contributed by atoms with Gasteiger partial charge in [-0.2, -0.15) is 0 Å². The third-order valence-corrected chi connectivity index (χ3v) is 2.90. The van der Waals surface area contributed by atoms with Gasteiger partial charge in [0, 0.05) is 5.56 Å². The van der Waals surface area contributed by atoms with Crippen LogP contribution in [0.1, 0.15) is 20.7 Å². The summed E-state index contributed by atoms with van der Waals surface area (Å²) in [7, 11) is 1.22. The van der Waals surface area contributed by atoms with E-state index in [-0.39, 0.29) is 68.3 Å². The van der Waals surface area contributed by atoms with Gasteiger partial charge >= 0.3 is 57.4 Å². The van der Waals surface area contributed by atoms with Crippen LogP contribution in [-0.4, -0.2) is 24.5 Å². The van der Waals surface area contributed by atoms with Gasteiger partial charge in [-0.1, -0.05) is 30.0 Å². The zero-order valence-electron chi connectivity index (χ0n) is 11.6. The average molecular weight is 310 g/mol. The van der Waals surface area contributed by atoms with E-state index in [0.717, 1.165) is 0 Å². The molecule has 2 rings (SSSR count). The standard InChI is InChI=1S/C15H12O5.K/c1-20-15(19)11-4-2-3-10(12(11)8-16)9-5-6-13(17)14(18)7-9;/h2-8,17-18H,1H3;/q;+1/p-1. The van der Waals surface area contributed by atoms with Gasteiger partial charge in [0.2, 0.25) is 0 Å². The van der Waals surface area contributed by atoms with Gasteiger partial charge in [-0.05, 0) is 23.3 Å². The number of aldehydes is 1. The first-order chi connectivity index (χ1) is 9.58. The molecule has 0 aliphatic carbocycles. The summed E-state index contributed by atoms with van der Waals surface area (Å²) < 4.78 is 4.61. The smallest absolute Gasteiger partial charge is 0.870 e. The minimum absolute atomic E-state index is 0. The molecular formula is C15H11KO5. The number of phenolic OH excluding ortho intramolecular Hbond substituents is 1. The van der Waals surface area contributed by atoms with E-state index in [9.17, 15) is 19.8 Å². The Morgan fingerprint density at radius 1 is 1.29 bits per heavy atom. The molecular weight excluding hydrogens is 299 g/mol. The van der Waals surface area contributed by atoms with Gasteiger partial charge in [0.05, 0.1) is 12.7 Å². The molecule has 0 radical (unpaired) electrons.